The largest absolute Gasteiger partial charge is 0.333 e. The van der Waals surface area contributed by atoms with Gasteiger partial charge < -0.3 is 4.90 Å². The molecule has 1 amide bonds. The monoisotopic (exact) mass is 493 g/mol. The Kier molecular flexibility index (Phi) is 5.41. The summed E-state index contributed by atoms with van der Waals surface area (Å²) in [6.45, 7) is 1.90. The number of amides is 1. The van der Waals surface area contributed by atoms with E-state index in [-0.39, 0.29) is 58.0 Å². The van der Waals surface area contributed by atoms with Gasteiger partial charge in [0.2, 0.25) is 5.82 Å². The molecule has 1 aromatic heterocycles. The second-order valence-electron chi connectivity index (χ2n) is 7.85. The maximum absolute atomic E-state index is 14.7. The molecule has 0 aliphatic carbocycles. The SMILES string of the molecule is C[C@@H]1N=C(c2c(F)cccc2F)c2c(ccc(Cl)c2Cl)-n2nc(C(=O)N3CCC(F)C3)nc21. The van der Waals surface area contributed by atoms with Crippen LogP contribution in [-0.2, 0) is 0 Å². The van der Waals surface area contributed by atoms with Crippen LogP contribution in [0.3, 0.4) is 0 Å². The summed E-state index contributed by atoms with van der Waals surface area (Å²) in [6, 6.07) is 5.82. The van der Waals surface area contributed by atoms with Crippen LogP contribution < -0.4 is 0 Å². The zero-order valence-electron chi connectivity index (χ0n) is 17.2. The van der Waals surface area contributed by atoms with E-state index in [1.54, 1.807) is 13.0 Å². The first-order valence-corrected chi connectivity index (χ1v) is 10.9. The standard InChI is InChI=1S/C22H16Cl2F3N5O/c1-10-21-29-20(22(33)31-8-7-11(25)9-31)30-32(21)15-6-5-12(23)18(24)17(15)19(28-10)16-13(26)3-2-4-14(16)27/h2-6,10-11H,7-9H2,1H3/t10-,11?/m0/s1. The van der Waals surface area contributed by atoms with Crippen molar-refractivity contribution in [2.45, 2.75) is 25.6 Å². The normalized spacial score (nSPS) is 19.7. The van der Waals surface area contributed by atoms with Crippen molar-refractivity contribution in [2.75, 3.05) is 13.1 Å². The highest BCUT2D eigenvalue weighted by Crippen LogP contribution is 2.38. The average Bonchev–Trinajstić information content (AvgIpc) is 3.39. The number of carbonyl (C=O) groups is 1. The summed E-state index contributed by atoms with van der Waals surface area (Å²) in [4.78, 5) is 23.1. The number of alkyl halides is 1. The smallest absolute Gasteiger partial charge is 0.293 e. The van der Waals surface area contributed by atoms with Gasteiger partial charge in [0, 0.05) is 12.1 Å². The van der Waals surface area contributed by atoms with Gasteiger partial charge in [-0.1, -0.05) is 29.3 Å². The van der Waals surface area contributed by atoms with Crippen molar-refractivity contribution in [1.29, 1.82) is 0 Å². The third kappa shape index (κ3) is 3.59. The van der Waals surface area contributed by atoms with Crippen LogP contribution in [0.2, 0.25) is 10.0 Å². The van der Waals surface area contributed by atoms with Crippen LogP contribution in [0.1, 0.15) is 47.0 Å². The van der Waals surface area contributed by atoms with E-state index >= 15 is 0 Å². The molecule has 11 heteroatoms. The first kappa shape index (κ1) is 21.9. The van der Waals surface area contributed by atoms with Gasteiger partial charge in [0.15, 0.2) is 5.82 Å². The lowest BCUT2D eigenvalue weighted by molar-refractivity contribution is 0.0770. The molecule has 5 rings (SSSR count). The molecule has 33 heavy (non-hydrogen) atoms. The highest BCUT2D eigenvalue weighted by molar-refractivity contribution is 6.45. The molecule has 2 atom stereocenters. The summed E-state index contributed by atoms with van der Waals surface area (Å²) in [5.74, 6) is -2.00. The molecule has 1 unspecified atom stereocenters. The number of hydrogen-bond acceptors (Lipinski definition) is 4. The van der Waals surface area contributed by atoms with E-state index in [0.29, 0.717) is 5.69 Å². The Labute approximate surface area is 196 Å². The van der Waals surface area contributed by atoms with Gasteiger partial charge in [-0.15, -0.1) is 5.10 Å². The van der Waals surface area contributed by atoms with Crippen molar-refractivity contribution >= 4 is 34.8 Å². The van der Waals surface area contributed by atoms with Gasteiger partial charge in [0.1, 0.15) is 23.8 Å². The molecular weight excluding hydrogens is 478 g/mol. The van der Waals surface area contributed by atoms with E-state index in [9.17, 15) is 18.0 Å². The second kappa shape index (κ2) is 8.14. The lowest BCUT2D eigenvalue weighted by Crippen LogP contribution is -2.30. The molecule has 2 aromatic carbocycles. The van der Waals surface area contributed by atoms with Gasteiger partial charge in [0.25, 0.3) is 5.91 Å². The maximum Gasteiger partial charge on any atom is 0.293 e. The Morgan fingerprint density at radius 2 is 1.85 bits per heavy atom. The molecule has 2 aliphatic heterocycles. The zero-order chi connectivity index (χ0) is 23.4. The van der Waals surface area contributed by atoms with Crippen LogP contribution in [0.4, 0.5) is 13.2 Å². The molecule has 1 saturated heterocycles. The Morgan fingerprint density at radius 1 is 1.12 bits per heavy atom. The molecule has 3 heterocycles. The van der Waals surface area contributed by atoms with Crippen molar-refractivity contribution in [1.82, 2.24) is 19.7 Å². The summed E-state index contributed by atoms with van der Waals surface area (Å²) in [7, 11) is 0. The van der Waals surface area contributed by atoms with Crippen molar-refractivity contribution in [3.8, 4) is 5.69 Å². The fourth-order valence-corrected chi connectivity index (χ4v) is 4.48. The molecule has 170 valence electrons. The highest BCUT2D eigenvalue weighted by atomic mass is 35.5. The minimum absolute atomic E-state index is 0.0227. The second-order valence-corrected chi connectivity index (χ2v) is 8.63. The van der Waals surface area contributed by atoms with Crippen LogP contribution in [-0.4, -0.2) is 50.5 Å². The third-order valence-electron chi connectivity index (χ3n) is 5.68. The molecule has 0 saturated carbocycles. The molecule has 0 radical (unpaired) electrons. The van der Waals surface area contributed by atoms with Crippen molar-refractivity contribution in [3.05, 3.63) is 74.8 Å². The number of fused-ring (bicyclic) bond motifs is 3. The first-order valence-electron chi connectivity index (χ1n) is 10.2. The van der Waals surface area contributed by atoms with Gasteiger partial charge in [-0.05, 0) is 37.6 Å². The number of benzene rings is 2. The molecule has 3 aromatic rings. The van der Waals surface area contributed by atoms with Crippen LogP contribution in [0.25, 0.3) is 5.69 Å². The lowest BCUT2D eigenvalue weighted by Gasteiger charge is -2.15. The first-order chi connectivity index (χ1) is 15.8. The molecule has 1 fully saturated rings. The number of carbonyl (C=O) groups excluding carboxylic acids is 1. The minimum Gasteiger partial charge on any atom is -0.333 e. The molecule has 0 bridgehead atoms. The predicted molar refractivity (Wildman–Crippen MR) is 117 cm³/mol. The molecular formula is C22H16Cl2F3N5O. The summed E-state index contributed by atoms with van der Waals surface area (Å²) in [5.41, 5.74) is 0.0672. The van der Waals surface area contributed by atoms with Crippen LogP contribution >= 0.6 is 23.2 Å². The van der Waals surface area contributed by atoms with Gasteiger partial charge in [-0.3, -0.25) is 9.79 Å². The predicted octanol–water partition coefficient (Wildman–Crippen LogP) is 4.95. The van der Waals surface area contributed by atoms with Crippen LogP contribution in [0.15, 0.2) is 35.3 Å². The Bertz CT molecular complexity index is 1310. The van der Waals surface area contributed by atoms with E-state index < -0.39 is 29.8 Å². The van der Waals surface area contributed by atoms with Gasteiger partial charge in [-0.2, -0.15) is 0 Å². The number of aromatic nitrogens is 3. The van der Waals surface area contributed by atoms with Crippen molar-refractivity contribution < 1.29 is 18.0 Å². The minimum atomic E-state index is -1.09. The number of likely N-dealkylation sites (tertiary alicyclic amines) is 1. The Morgan fingerprint density at radius 3 is 2.52 bits per heavy atom. The van der Waals surface area contributed by atoms with Crippen molar-refractivity contribution in [2.24, 2.45) is 4.99 Å². The summed E-state index contributed by atoms with van der Waals surface area (Å²) < 4.78 is 44.4. The third-order valence-corrected chi connectivity index (χ3v) is 6.48. The summed E-state index contributed by atoms with van der Waals surface area (Å²) in [5, 5.41) is 4.52. The highest BCUT2D eigenvalue weighted by Gasteiger charge is 2.34. The lowest BCUT2D eigenvalue weighted by atomic mass is 9.99. The van der Waals surface area contributed by atoms with E-state index in [0.717, 1.165) is 12.1 Å². The quantitative estimate of drug-likeness (QED) is 0.507. The van der Waals surface area contributed by atoms with E-state index in [4.69, 9.17) is 23.2 Å². The van der Waals surface area contributed by atoms with Gasteiger partial charge in [-0.25, -0.2) is 22.8 Å². The Hall–Kier alpha value is -2.91. The molecule has 2 aliphatic rings. The van der Waals surface area contributed by atoms with Gasteiger partial charge in [0.05, 0.1) is 33.6 Å². The molecule has 6 nitrogen and oxygen atoms in total. The van der Waals surface area contributed by atoms with Gasteiger partial charge >= 0.3 is 0 Å². The number of hydrogen-bond donors (Lipinski definition) is 0. The van der Waals surface area contributed by atoms with E-state index in [1.165, 1.54) is 21.7 Å². The number of rotatable bonds is 2. The molecule has 0 spiro atoms. The van der Waals surface area contributed by atoms with Crippen LogP contribution in [0, 0.1) is 11.6 Å². The number of nitrogens with zero attached hydrogens (tertiary/aromatic N) is 5. The van der Waals surface area contributed by atoms with Crippen molar-refractivity contribution in [3.63, 3.8) is 0 Å². The number of aliphatic imine (C=N–C) groups is 1. The summed E-state index contributed by atoms with van der Waals surface area (Å²) in [6.07, 6.45) is -0.827. The maximum atomic E-state index is 14.7. The van der Waals surface area contributed by atoms with Crippen LogP contribution in [0.5, 0.6) is 0 Å². The Balaban J connectivity index is 1.71. The fourth-order valence-electron chi connectivity index (χ4n) is 4.08. The average molecular weight is 494 g/mol. The summed E-state index contributed by atoms with van der Waals surface area (Å²) >= 11 is 12.7. The number of halogens is 5. The zero-order valence-corrected chi connectivity index (χ0v) is 18.7. The fraction of sp³-hybridized carbons (Fsp3) is 0.273. The molecule has 0 N–H and O–H groups in total. The van der Waals surface area contributed by atoms with E-state index in [2.05, 4.69) is 15.1 Å². The van der Waals surface area contributed by atoms with E-state index in [1.807, 2.05) is 0 Å². The topological polar surface area (TPSA) is 63.4 Å².